The molecule has 12 N–H and O–H groups in total. The second-order valence-electron chi connectivity index (χ2n) is 26.0. The summed E-state index contributed by atoms with van der Waals surface area (Å²) >= 11 is 0. The maximum absolute atomic E-state index is 13.4. The van der Waals surface area contributed by atoms with Crippen LogP contribution in [0.25, 0.3) is 0 Å². The van der Waals surface area contributed by atoms with E-state index in [4.69, 9.17) is 37.9 Å². The number of carboxylic acids is 1. The topological polar surface area (TPSA) is 368 Å². The van der Waals surface area contributed by atoms with Crippen molar-refractivity contribution in [2.45, 2.75) is 231 Å². The lowest BCUT2D eigenvalue weighted by molar-refractivity contribution is -0.386. The van der Waals surface area contributed by atoms with Crippen molar-refractivity contribution < 1.29 is 114 Å². The average Bonchev–Trinajstić information content (AvgIpc) is 1.93. The molecule has 23 heteroatoms. The van der Waals surface area contributed by atoms with Crippen molar-refractivity contribution in [2.24, 2.45) is 50.2 Å². The Labute approximate surface area is 466 Å². The summed E-state index contributed by atoms with van der Waals surface area (Å²) in [4.78, 5) is 39.7. The van der Waals surface area contributed by atoms with Crippen molar-refractivity contribution >= 4 is 17.9 Å². The van der Waals surface area contributed by atoms with E-state index in [2.05, 4.69) is 19.9 Å². The minimum atomic E-state index is -2.13. The minimum absolute atomic E-state index is 0.153. The van der Waals surface area contributed by atoms with Crippen LogP contribution in [0.15, 0.2) is 34.9 Å². The predicted molar refractivity (Wildman–Crippen MR) is 277 cm³/mol. The summed E-state index contributed by atoms with van der Waals surface area (Å²) in [7, 11) is 0. The zero-order valence-electron chi connectivity index (χ0n) is 47.7. The quantitative estimate of drug-likeness (QED) is 0.0480. The summed E-state index contributed by atoms with van der Waals surface area (Å²) in [6, 6.07) is 0. The number of fused-ring (bicyclic) bond motifs is 7. The number of esters is 2. The Morgan fingerprint density at radius 2 is 1.21 bits per heavy atom. The summed E-state index contributed by atoms with van der Waals surface area (Å²) in [6.07, 6.45) is -24.2. The lowest BCUT2D eigenvalue weighted by Crippen LogP contribution is -2.76. The van der Waals surface area contributed by atoms with Gasteiger partial charge in [-0.15, -0.1) is 0 Å². The monoisotopic (exact) mass is 1140 g/mol. The molecule has 4 saturated carbocycles. The van der Waals surface area contributed by atoms with Gasteiger partial charge < -0.3 is 99.2 Å². The van der Waals surface area contributed by atoms with Gasteiger partial charge in [-0.2, -0.15) is 0 Å². The van der Waals surface area contributed by atoms with Crippen molar-refractivity contribution in [3.05, 3.63) is 34.9 Å². The van der Waals surface area contributed by atoms with Gasteiger partial charge >= 0.3 is 17.9 Å². The first-order valence-corrected chi connectivity index (χ1v) is 28.1. The molecule has 3 saturated heterocycles. The molecule has 7 fully saturated rings. The van der Waals surface area contributed by atoms with Crippen LogP contribution >= 0.6 is 0 Å². The van der Waals surface area contributed by atoms with Crippen LogP contribution in [0, 0.1) is 50.2 Å². The highest BCUT2D eigenvalue weighted by molar-refractivity contribution is 5.88. The first-order chi connectivity index (χ1) is 37.3. The fourth-order valence-electron chi connectivity index (χ4n) is 16.2. The molecule has 5 aliphatic carbocycles. The number of ether oxygens (including phenoxy) is 8. The number of carbonyl (C=O) groups is 3. The molecule has 0 aromatic heterocycles. The van der Waals surface area contributed by atoms with Crippen LogP contribution in [0.5, 0.6) is 0 Å². The molecule has 8 aliphatic rings. The smallest absolute Gasteiger partial charge is 0.335 e. The Bertz CT molecular complexity index is 2390. The molecule has 8 unspecified atom stereocenters. The normalized spacial score (nSPS) is 49.0. The first kappa shape index (κ1) is 63.0. The molecule has 23 nitrogen and oxygen atoms in total. The Morgan fingerprint density at radius 3 is 1.79 bits per heavy atom. The predicted octanol–water partition coefficient (Wildman–Crippen LogP) is 0.263. The van der Waals surface area contributed by atoms with Crippen molar-refractivity contribution in [3.8, 4) is 0 Å². The maximum atomic E-state index is 13.4. The second kappa shape index (κ2) is 22.7. The molecule has 454 valence electrons. The molecular formula is C57H88O23. The standard InChI is InChI=1S/C57H88O23/c1-12-24(3)47(71)73-23-57-27(20-52(5,6)45(44(57)68)80-48(72)25(4)13-2)26-14-15-31-54(9)18-17-32(53(7,8)30(54)16-19-55(31,10)56(26,11)42(66)43(57)67)76-51-41(79-50-37(64)35(62)33(60)28(21-58)74-50)39(38(65)40(78-51)46(69)70)77-49-36(63)34(61)29(22-59)75-49/h12-14,27-45,49-51,58-68H,15-23H2,1-11H3,(H,69,70)/b24-12-,25-13-/t27?,28?,29-,30?,31?,32-,33-,34+,35+,36?,37?,38-,39+,40?,41?,42-,43+,44-,45-,49-,50-,51+,54-,55+,56-,57-/m0/s1. The summed E-state index contributed by atoms with van der Waals surface area (Å²) in [5.41, 5.74) is -4.34. The number of carbonyl (C=O) groups excluding carboxylic acids is 2. The Morgan fingerprint density at radius 1 is 0.650 bits per heavy atom. The van der Waals surface area contributed by atoms with E-state index in [9.17, 15) is 75.7 Å². The highest BCUT2D eigenvalue weighted by Crippen LogP contribution is 2.76. The van der Waals surface area contributed by atoms with Crippen LogP contribution in [-0.4, -0.2) is 216 Å². The van der Waals surface area contributed by atoms with Crippen molar-refractivity contribution in [1.29, 1.82) is 0 Å². The third-order valence-corrected chi connectivity index (χ3v) is 21.3. The van der Waals surface area contributed by atoms with Crippen LogP contribution in [0.4, 0.5) is 0 Å². The molecule has 0 radical (unpaired) electrons. The number of rotatable bonds is 14. The van der Waals surface area contributed by atoms with Crippen molar-refractivity contribution in [2.75, 3.05) is 19.8 Å². The van der Waals surface area contributed by atoms with Crippen molar-refractivity contribution in [3.63, 3.8) is 0 Å². The van der Waals surface area contributed by atoms with Crippen LogP contribution in [-0.2, 0) is 52.3 Å². The fraction of sp³-hybridized carbons (Fsp3) is 0.842. The zero-order chi connectivity index (χ0) is 59.3. The third kappa shape index (κ3) is 9.85. The highest BCUT2D eigenvalue weighted by Gasteiger charge is 2.76. The SMILES string of the molecule is C/C=C(/C)C(=O)OC[C@@]12C(CC(C)(C)[C@@H](OC(=O)/C(C)=C\C)[C@@H]1O)C1=CCC3[C@@]4(C)CC[C@H](O[C@@H]5OC(C(=O)O)[C@@H](O)[C@@H](O[C@@H]6O[C@@H](CO)[C@@H](O)C6O)C5O[C@@H]5OC(CO)[C@H](O)[C@@H](O)C5O)C(C)(C)C4CC[C@@]3(C)[C@]1(C)[C@@H](O)[C@H]2O. The number of aliphatic carboxylic acids is 1. The summed E-state index contributed by atoms with van der Waals surface area (Å²) in [5.74, 6) is -3.95. The molecule has 3 heterocycles. The second-order valence-corrected chi connectivity index (χ2v) is 26.0. The van der Waals surface area contributed by atoms with Crippen LogP contribution in [0.1, 0.15) is 115 Å². The van der Waals surface area contributed by atoms with Crippen LogP contribution in [0.2, 0.25) is 0 Å². The molecule has 80 heavy (non-hydrogen) atoms. The van der Waals surface area contributed by atoms with E-state index in [1.54, 1.807) is 39.8 Å². The first-order valence-electron chi connectivity index (χ1n) is 28.1. The summed E-state index contributed by atoms with van der Waals surface area (Å²) < 4.78 is 48.5. The van der Waals surface area contributed by atoms with Crippen LogP contribution < -0.4 is 0 Å². The fourth-order valence-corrected chi connectivity index (χ4v) is 16.2. The van der Waals surface area contributed by atoms with E-state index in [0.29, 0.717) is 43.3 Å². The molecule has 0 aromatic rings. The van der Waals surface area contributed by atoms with Gasteiger partial charge in [0.2, 0.25) is 0 Å². The Hall–Kier alpha value is -3.05. The van der Waals surface area contributed by atoms with E-state index in [0.717, 1.165) is 5.57 Å². The number of aliphatic hydroxyl groups is 11. The van der Waals surface area contributed by atoms with Crippen LogP contribution in [0.3, 0.4) is 0 Å². The Balaban J connectivity index is 1.14. The molecule has 8 rings (SSSR count). The van der Waals surface area contributed by atoms with Gasteiger partial charge in [0, 0.05) is 22.0 Å². The number of allylic oxidation sites excluding steroid dienone is 3. The van der Waals surface area contributed by atoms with Gasteiger partial charge in [-0.1, -0.05) is 72.3 Å². The molecule has 0 aromatic carbocycles. The Kier molecular flexibility index (Phi) is 17.9. The zero-order valence-corrected chi connectivity index (χ0v) is 47.7. The molecule has 26 atom stereocenters. The number of aliphatic hydroxyl groups excluding tert-OH is 11. The van der Waals surface area contributed by atoms with Gasteiger partial charge in [-0.05, 0) is 100 Å². The van der Waals surface area contributed by atoms with Gasteiger partial charge in [-0.3, -0.25) is 0 Å². The van der Waals surface area contributed by atoms with E-state index >= 15 is 0 Å². The highest BCUT2D eigenvalue weighted by atomic mass is 16.8. The summed E-state index contributed by atoms with van der Waals surface area (Å²) in [5, 5.41) is 135. The average molecular weight is 1140 g/mol. The molecule has 0 bridgehead atoms. The van der Waals surface area contributed by atoms with E-state index in [1.807, 2.05) is 34.6 Å². The number of hydrogen-bond donors (Lipinski definition) is 12. The molecule has 0 spiro atoms. The number of hydrogen-bond acceptors (Lipinski definition) is 22. The van der Waals surface area contributed by atoms with E-state index in [1.165, 1.54) is 0 Å². The minimum Gasteiger partial charge on any atom is -0.479 e. The van der Waals surface area contributed by atoms with E-state index in [-0.39, 0.29) is 18.3 Å². The maximum Gasteiger partial charge on any atom is 0.335 e. The van der Waals surface area contributed by atoms with Gasteiger partial charge in [-0.25, -0.2) is 14.4 Å². The third-order valence-electron chi connectivity index (χ3n) is 21.3. The number of carboxylic acid groups (broad SMARTS) is 1. The van der Waals surface area contributed by atoms with Gasteiger partial charge in [0.05, 0.1) is 36.9 Å². The van der Waals surface area contributed by atoms with E-state index < -0.39 is 193 Å². The molecular weight excluding hydrogens is 1050 g/mol. The molecule has 3 aliphatic heterocycles. The largest absolute Gasteiger partial charge is 0.479 e. The van der Waals surface area contributed by atoms with Crippen molar-refractivity contribution in [1.82, 2.24) is 0 Å². The summed E-state index contributed by atoms with van der Waals surface area (Å²) in [6.45, 7) is 18.6. The lowest BCUT2D eigenvalue weighted by Gasteiger charge is -2.73. The van der Waals surface area contributed by atoms with Gasteiger partial charge in [0.25, 0.3) is 0 Å². The molecule has 0 amide bonds. The van der Waals surface area contributed by atoms with Gasteiger partial charge in [0.1, 0.15) is 79.9 Å². The lowest BCUT2D eigenvalue weighted by atomic mass is 9.32. The van der Waals surface area contributed by atoms with Gasteiger partial charge in [0.15, 0.2) is 25.0 Å².